The normalized spacial score (nSPS) is 19.9. The number of rotatable bonds is 10. The van der Waals surface area contributed by atoms with Crippen molar-refractivity contribution in [3.8, 4) is 0 Å². The first-order valence-corrected chi connectivity index (χ1v) is 9.35. The second kappa shape index (κ2) is 10.2. The number of ether oxygens (including phenoxy) is 1. The molecule has 1 fully saturated rings. The molecule has 1 unspecified atom stereocenters. The Bertz CT molecular complexity index is 322. The molecular weight excluding hydrogens is 322 g/mol. The molecule has 0 aromatic carbocycles. The van der Waals surface area contributed by atoms with Gasteiger partial charge in [0.25, 0.3) is 0 Å². The summed E-state index contributed by atoms with van der Waals surface area (Å²) >= 11 is 11.6. The van der Waals surface area contributed by atoms with Crippen LogP contribution in [0.2, 0.25) is 0 Å². The smallest absolute Gasteiger partial charge is 0.346 e. The summed E-state index contributed by atoms with van der Waals surface area (Å²) in [5.74, 6) is 0.770. The second-order valence-electron chi connectivity index (χ2n) is 4.30. The Labute approximate surface area is 131 Å². The van der Waals surface area contributed by atoms with Crippen LogP contribution in [0.4, 0.5) is 0 Å². The van der Waals surface area contributed by atoms with Gasteiger partial charge in [-0.1, -0.05) is 6.08 Å². The Hall–Kier alpha value is 0.390. The number of hydrogen-bond donors (Lipinski definition) is 0. The lowest BCUT2D eigenvalue weighted by Crippen LogP contribution is -2.41. The van der Waals surface area contributed by atoms with Crippen molar-refractivity contribution in [2.45, 2.75) is 6.42 Å². The molecule has 1 aliphatic rings. The summed E-state index contributed by atoms with van der Waals surface area (Å²) in [5.41, 5.74) is 0. The fourth-order valence-corrected chi connectivity index (χ4v) is 5.01. The lowest BCUT2D eigenvalue weighted by atomic mass is 10.5. The molecule has 0 radical (unpaired) electrons. The number of hydrogen-bond acceptors (Lipinski definition) is 3. The van der Waals surface area contributed by atoms with E-state index in [2.05, 4.69) is 6.58 Å². The lowest BCUT2D eigenvalue weighted by molar-refractivity contribution is 0.0587. The van der Waals surface area contributed by atoms with Gasteiger partial charge in [-0.3, -0.25) is 4.57 Å². The summed E-state index contributed by atoms with van der Waals surface area (Å²) in [4.78, 5) is 0. The summed E-state index contributed by atoms with van der Waals surface area (Å²) in [7, 11) is -3.10. The average molecular weight is 345 g/mol. The molecule has 8 heteroatoms. The fourth-order valence-electron chi connectivity index (χ4n) is 1.96. The predicted octanol–water partition coefficient (Wildman–Crippen LogP) is 2.80. The van der Waals surface area contributed by atoms with Gasteiger partial charge in [-0.05, 0) is 6.42 Å². The van der Waals surface area contributed by atoms with E-state index < -0.39 is 7.67 Å². The fraction of sp³-hybridized carbons (Fsp3) is 0.833. The molecule has 118 valence electrons. The highest BCUT2D eigenvalue weighted by Gasteiger charge is 2.38. The molecule has 1 saturated heterocycles. The van der Waals surface area contributed by atoms with Gasteiger partial charge in [0.15, 0.2) is 0 Å². The van der Waals surface area contributed by atoms with E-state index >= 15 is 0 Å². The van der Waals surface area contributed by atoms with Crippen LogP contribution in [0, 0.1) is 0 Å². The van der Waals surface area contributed by atoms with E-state index in [4.69, 9.17) is 32.5 Å². The van der Waals surface area contributed by atoms with Gasteiger partial charge in [0.05, 0.1) is 19.8 Å². The average Bonchev–Trinajstić information content (AvgIpc) is 2.48. The van der Waals surface area contributed by atoms with Gasteiger partial charge in [-0.15, -0.1) is 29.8 Å². The molecule has 20 heavy (non-hydrogen) atoms. The standard InChI is InChI=1S/C12H23Cl2N2O3P/c1-2-3-10-19-20(17,15(6-4-13)7-5-14)16-8-11-18-12-9-16/h2H,1,3-12H2. The van der Waals surface area contributed by atoms with Crippen molar-refractivity contribution in [1.82, 2.24) is 9.34 Å². The first-order chi connectivity index (χ1) is 9.69. The molecule has 1 atom stereocenters. The SMILES string of the molecule is C=CCCOP(=O)(N(CCCl)CCCl)N1CCOCC1. The first kappa shape index (κ1) is 18.4. The van der Waals surface area contributed by atoms with Crippen molar-refractivity contribution >= 4 is 30.9 Å². The Morgan fingerprint density at radius 1 is 1.30 bits per heavy atom. The van der Waals surface area contributed by atoms with Gasteiger partial charge in [0, 0.05) is 37.9 Å². The molecule has 0 aliphatic carbocycles. The van der Waals surface area contributed by atoms with Crippen LogP contribution in [-0.2, 0) is 13.8 Å². The van der Waals surface area contributed by atoms with Crippen LogP contribution in [0.5, 0.6) is 0 Å². The minimum absolute atomic E-state index is 0.374. The molecule has 0 bridgehead atoms. The highest BCUT2D eigenvalue weighted by Crippen LogP contribution is 2.54. The van der Waals surface area contributed by atoms with E-state index in [9.17, 15) is 4.57 Å². The zero-order chi connectivity index (χ0) is 14.8. The zero-order valence-corrected chi connectivity index (χ0v) is 14.1. The molecule has 0 amide bonds. The van der Waals surface area contributed by atoms with Gasteiger partial charge < -0.3 is 9.26 Å². The third kappa shape index (κ3) is 5.30. The Balaban J connectivity index is 2.83. The quantitative estimate of drug-likeness (QED) is 0.264. The van der Waals surface area contributed by atoms with Crippen molar-refractivity contribution < 1.29 is 13.8 Å². The van der Waals surface area contributed by atoms with Crippen molar-refractivity contribution in [2.24, 2.45) is 0 Å². The van der Waals surface area contributed by atoms with Crippen molar-refractivity contribution in [3.05, 3.63) is 12.7 Å². The molecule has 0 aromatic heterocycles. The molecule has 0 saturated carbocycles. The third-order valence-corrected chi connectivity index (χ3v) is 6.06. The maximum absolute atomic E-state index is 13.3. The largest absolute Gasteiger partial charge is 0.379 e. The topological polar surface area (TPSA) is 42.0 Å². The van der Waals surface area contributed by atoms with E-state index in [1.165, 1.54) is 0 Å². The second-order valence-corrected chi connectivity index (χ2v) is 7.43. The molecule has 0 aromatic rings. The van der Waals surface area contributed by atoms with Crippen LogP contribution in [-0.4, -0.2) is 67.1 Å². The lowest BCUT2D eigenvalue weighted by Gasteiger charge is -2.39. The van der Waals surface area contributed by atoms with Crippen LogP contribution in [0.15, 0.2) is 12.7 Å². The number of nitrogens with zero attached hydrogens (tertiary/aromatic N) is 2. The van der Waals surface area contributed by atoms with Gasteiger partial charge in [0.2, 0.25) is 0 Å². The van der Waals surface area contributed by atoms with Crippen LogP contribution < -0.4 is 0 Å². The zero-order valence-electron chi connectivity index (χ0n) is 11.7. The summed E-state index contributed by atoms with van der Waals surface area (Å²) in [6.45, 7) is 7.29. The Morgan fingerprint density at radius 2 is 1.90 bits per heavy atom. The third-order valence-electron chi connectivity index (χ3n) is 2.97. The summed E-state index contributed by atoms with van der Waals surface area (Å²) in [6, 6.07) is 0. The molecule has 1 heterocycles. The van der Waals surface area contributed by atoms with Gasteiger partial charge in [-0.25, -0.2) is 9.34 Å². The summed E-state index contributed by atoms with van der Waals surface area (Å²) < 4.78 is 28.0. The van der Waals surface area contributed by atoms with E-state index in [1.54, 1.807) is 10.7 Å². The van der Waals surface area contributed by atoms with Crippen molar-refractivity contribution in [1.29, 1.82) is 0 Å². The molecule has 0 N–H and O–H groups in total. The highest BCUT2D eigenvalue weighted by atomic mass is 35.5. The van der Waals surface area contributed by atoms with E-state index in [-0.39, 0.29) is 0 Å². The Morgan fingerprint density at radius 3 is 2.40 bits per heavy atom. The summed E-state index contributed by atoms with van der Waals surface area (Å²) in [5, 5.41) is 0. The van der Waals surface area contributed by atoms with E-state index in [0.717, 1.165) is 0 Å². The molecule has 5 nitrogen and oxygen atoms in total. The van der Waals surface area contributed by atoms with Crippen molar-refractivity contribution in [2.75, 3.05) is 57.8 Å². The number of morpholine rings is 1. The van der Waals surface area contributed by atoms with Crippen molar-refractivity contribution in [3.63, 3.8) is 0 Å². The van der Waals surface area contributed by atoms with Crippen LogP contribution in [0.1, 0.15) is 6.42 Å². The Kier molecular flexibility index (Phi) is 9.38. The first-order valence-electron chi connectivity index (χ1n) is 6.75. The van der Waals surface area contributed by atoms with Gasteiger partial charge >= 0.3 is 7.67 Å². The number of alkyl halides is 2. The van der Waals surface area contributed by atoms with Crippen LogP contribution in [0.25, 0.3) is 0 Å². The summed E-state index contributed by atoms with van der Waals surface area (Å²) in [6.07, 6.45) is 2.40. The monoisotopic (exact) mass is 344 g/mol. The van der Waals surface area contributed by atoms with Crippen LogP contribution in [0.3, 0.4) is 0 Å². The molecule has 1 aliphatic heterocycles. The highest BCUT2D eigenvalue weighted by molar-refractivity contribution is 7.54. The number of halogens is 2. The van der Waals surface area contributed by atoms with Gasteiger partial charge in [-0.2, -0.15) is 0 Å². The maximum atomic E-state index is 13.3. The van der Waals surface area contributed by atoms with Crippen LogP contribution >= 0.6 is 30.9 Å². The minimum atomic E-state index is -3.10. The van der Waals surface area contributed by atoms with E-state index in [0.29, 0.717) is 64.2 Å². The van der Waals surface area contributed by atoms with E-state index in [1.807, 2.05) is 4.67 Å². The minimum Gasteiger partial charge on any atom is -0.379 e. The predicted molar refractivity (Wildman–Crippen MR) is 83.8 cm³/mol. The molecular formula is C12H23Cl2N2O3P. The molecule has 0 spiro atoms. The van der Waals surface area contributed by atoms with Gasteiger partial charge in [0.1, 0.15) is 0 Å². The maximum Gasteiger partial charge on any atom is 0.346 e. The molecule has 1 rings (SSSR count).